The lowest BCUT2D eigenvalue weighted by molar-refractivity contribution is -0.192. The molecule has 1 aliphatic heterocycles. The summed E-state index contributed by atoms with van der Waals surface area (Å²) >= 11 is 0. The maximum atomic E-state index is 5.93. The van der Waals surface area contributed by atoms with Crippen molar-refractivity contribution in [3.05, 3.63) is 30.3 Å². The highest BCUT2D eigenvalue weighted by molar-refractivity contribution is 5.20. The van der Waals surface area contributed by atoms with Gasteiger partial charge < -0.3 is 14.8 Å². The van der Waals surface area contributed by atoms with Crippen LogP contribution >= 0.6 is 0 Å². The summed E-state index contributed by atoms with van der Waals surface area (Å²) in [7, 11) is 0. The smallest absolute Gasteiger partial charge is 0.119 e. The van der Waals surface area contributed by atoms with Crippen LogP contribution in [0.15, 0.2) is 30.3 Å². The summed E-state index contributed by atoms with van der Waals surface area (Å²) in [5.41, 5.74) is 0.248. The van der Waals surface area contributed by atoms with E-state index in [4.69, 9.17) is 9.47 Å². The van der Waals surface area contributed by atoms with E-state index >= 15 is 0 Å². The first-order valence-corrected chi connectivity index (χ1v) is 7.72. The second-order valence-electron chi connectivity index (χ2n) is 6.51. The van der Waals surface area contributed by atoms with E-state index in [2.05, 4.69) is 19.2 Å². The first kappa shape index (κ1) is 13.9. The standard InChI is InChI=1S/C17H25NO2/c1-17(2)15(14-9-6-11-20-16(14)17)18-10-12-19-13-7-4-3-5-8-13/h3-5,7-8,14-16,18H,6,9-12H2,1-2H3. The molecular weight excluding hydrogens is 250 g/mol. The van der Waals surface area contributed by atoms with E-state index in [1.807, 2.05) is 30.3 Å². The predicted molar refractivity (Wildman–Crippen MR) is 80.0 cm³/mol. The summed E-state index contributed by atoms with van der Waals surface area (Å²) in [5.74, 6) is 1.64. The van der Waals surface area contributed by atoms with Gasteiger partial charge in [-0.3, -0.25) is 0 Å². The average molecular weight is 275 g/mol. The fourth-order valence-electron chi connectivity index (χ4n) is 3.84. The molecule has 1 N–H and O–H groups in total. The normalized spacial score (nSPS) is 31.2. The molecule has 20 heavy (non-hydrogen) atoms. The van der Waals surface area contributed by atoms with E-state index in [0.29, 0.717) is 18.1 Å². The molecule has 1 aromatic carbocycles. The second kappa shape index (κ2) is 5.74. The molecule has 1 heterocycles. The highest BCUT2D eigenvalue weighted by Crippen LogP contribution is 2.51. The molecule has 1 saturated heterocycles. The highest BCUT2D eigenvalue weighted by Gasteiger charge is 2.57. The van der Waals surface area contributed by atoms with E-state index in [0.717, 1.165) is 25.5 Å². The van der Waals surface area contributed by atoms with E-state index in [-0.39, 0.29) is 5.41 Å². The van der Waals surface area contributed by atoms with Gasteiger partial charge >= 0.3 is 0 Å². The van der Waals surface area contributed by atoms with E-state index in [1.54, 1.807) is 0 Å². The second-order valence-corrected chi connectivity index (χ2v) is 6.51. The van der Waals surface area contributed by atoms with E-state index < -0.39 is 0 Å². The molecule has 0 aromatic heterocycles. The number of fused-ring (bicyclic) bond motifs is 1. The van der Waals surface area contributed by atoms with Gasteiger partial charge in [0.1, 0.15) is 12.4 Å². The molecule has 0 bridgehead atoms. The zero-order valence-electron chi connectivity index (χ0n) is 12.5. The zero-order chi connectivity index (χ0) is 14.0. The van der Waals surface area contributed by atoms with Crippen LogP contribution in [-0.4, -0.2) is 31.9 Å². The van der Waals surface area contributed by atoms with Gasteiger partial charge in [0.05, 0.1) is 6.10 Å². The topological polar surface area (TPSA) is 30.5 Å². The largest absolute Gasteiger partial charge is 0.492 e. The summed E-state index contributed by atoms with van der Waals surface area (Å²) < 4.78 is 11.7. The lowest BCUT2D eigenvalue weighted by atomic mass is 9.55. The Morgan fingerprint density at radius 2 is 2.10 bits per heavy atom. The van der Waals surface area contributed by atoms with Crippen LogP contribution in [0.25, 0.3) is 0 Å². The molecule has 0 radical (unpaired) electrons. The van der Waals surface area contributed by atoms with Gasteiger partial charge in [-0.25, -0.2) is 0 Å². The van der Waals surface area contributed by atoms with Crippen molar-refractivity contribution in [3.63, 3.8) is 0 Å². The molecule has 1 saturated carbocycles. The SMILES string of the molecule is CC1(C)C(NCCOc2ccccc2)C2CCCOC21. The van der Waals surface area contributed by atoms with Crippen molar-refractivity contribution < 1.29 is 9.47 Å². The summed E-state index contributed by atoms with van der Waals surface area (Å²) in [6.07, 6.45) is 2.95. The third kappa shape index (κ3) is 2.57. The molecule has 3 heteroatoms. The third-order valence-corrected chi connectivity index (χ3v) is 4.81. The average Bonchev–Trinajstić information content (AvgIpc) is 2.48. The molecule has 3 unspecified atom stereocenters. The third-order valence-electron chi connectivity index (χ3n) is 4.81. The van der Waals surface area contributed by atoms with Gasteiger partial charge in [0, 0.05) is 30.5 Å². The Balaban J connectivity index is 1.44. The van der Waals surface area contributed by atoms with Gasteiger partial charge in [-0.05, 0) is 25.0 Å². The minimum atomic E-state index is 0.248. The number of nitrogens with one attached hydrogen (secondary N) is 1. The van der Waals surface area contributed by atoms with Gasteiger partial charge in [-0.15, -0.1) is 0 Å². The monoisotopic (exact) mass is 275 g/mol. The minimum Gasteiger partial charge on any atom is -0.492 e. The molecule has 2 aliphatic rings. The Hall–Kier alpha value is -1.06. The molecule has 1 aliphatic carbocycles. The van der Waals surface area contributed by atoms with Crippen LogP contribution in [-0.2, 0) is 4.74 Å². The maximum Gasteiger partial charge on any atom is 0.119 e. The summed E-state index contributed by atoms with van der Waals surface area (Å²) in [6.45, 7) is 7.18. The molecule has 3 rings (SSSR count). The van der Waals surface area contributed by atoms with E-state index in [9.17, 15) is 0 Å². The number of para-hydroxylation sites is 1. The van der Waals surface area contributed by atoms with Gasteiger partial charge in [-0.1, -0.05) is 32.0 Å². The highest BCUT2D eigenvalue weighted by atomic mass is 16.5. The summed E-state index contributed by atoms with van der Waals surface area (Å²) in [4.78, 5) is 0. The Morgan fingerprint density at radius 3 is 2.90 bits per heavy atom. The molecule has 1 aromatic rings. The molecule has 0 spiro atoms. The molecule has 2 fully saturated rings. The summed E-state index contributed by atoms with van der Waals surface area (Å²) in [6, 6.07) is 10.6. The van der Waals surface area contributed by atoms with Crippen LogP contribution in [0.3, 0.4) is 0 Å². The first-order chi connectivity index (χ1) is 9.69. The van der Waals surface area contributed by atoms with Gasteiger partial charge in [0.15, 0.2) is 0 Å². The lowest BCUT2D eigenvalue weighted by Crippen LogP contribution is -2.69. The van der Waals surface area contributed by atoms with Crippen molar-refractivity contribution in [2.45, 2.75) is 38.8 Å². The van der Waals surface area contributed by atoms with Gasteiger partial charge in [-0.2, -0.15) is 0 Å². The van der Waals surface area contributed by atoms with Crippen LogP contribution in [0.1, 0.15) is 26.7 Å². The fraction of sp³-hybridized carbons (Fsp3) is 0.647. The van der Waals surface area contributed by atoms with Crippen molar-refractivity contribution >= 4 is 0 Å². The van der Waals surface area contributed by atoms with Crippen molar-refractivity contribution in [3.8, 4) is 5.75 Å². The molecule has 0 amide bonds. The number of rotatable bonds is 5. The van der Waals surface area contributed by atoms with Gasteiger partial charge in [0.2, 0.25) is 0 Å². The number of ether oxygens (including phenoxy) is 2. The Morgan fingerprint density at radius 1 is 1.30 bits per heavy atom. The zero-order valence-corrected chi connectivity index (χ0v) is 12.5. The lowest BCUT2D eigenvalue weighted by Gasteiger charge is -2.60. The van der Waals surface area contributed by atoms with Crippen molar-refractivity contribution in [1.29, 1.82) is 0 Å². The van der Waals surface area contributed by atoms with Crippen LogP contribution < -0.4 is 10.1 Å². The van der Waals surface area contributed by atoms with Crippen molar-refractivity contribution in [2.75, 3.05) is 19.8 Å². The number of hydrogen-bond acceptors (Lipinski definition) is 3. The maximum absolute atomic E-state index is 5.93. The predicted octanol–water partition coefficient (Wildman–Crippen LogP) is 2.86. The molecule has 110 valence electrons. The number of benzene rings is 1. The van der Waals surface area contributed by atoms with Crippen LogP contribution in [0.2, 0.25) is 0 Å². The van der Waals surface area contributed by atoms with Crippen molar-refractivity contribution in [1.82, 2.24) is 5.32 Å². The van der Waals surface area contributed by atoms with Crippen LogP contribution in [0.4, 0.5) is 0 Å². The molecular formula is C17H25NO2. The minimum absolute atomic E-state index is 0.248. The van der Waals surface area contributed by atoms with Crippen LogP contribution in [0, 0.1) is 11.3 Å². The molecule has 3 atom stereocenters. The molecule has 3 nitrogen and oxygen atoms in total. The Labute approximate surface area is 121 Å². The summed E-state index contributed by atoms with van der Waals surface area (Å²) in [5, 5.41) is 3.67. The first-order valence-electron chi connectivity index (χ1n) is 7.72. The Bertz CT molecular complexity index is 432. The van der Waals surface area contributed by atoms with Gasteiger partial charge in [0.25, 0.3) is 0 Å². The van der Waals surface area contributed by atoms with Crippen LogP contribution in [0.5, 0.6) is 5.75 Å². The Kier molecular flexibility index (Phi) is 3.99. The quantitative estimate of drug-likeness (QED) is 0.838. The fourth-order valence-corrected chi connectivity index (χ4v) is 3.84. The number of hydrogen-bond donors (Lipinski definition) is 1. The van der Waals surface area contributed by atoms with Crippen molar-refractivity contribution in [2.24, 2.45) is 11.3 Å². The van der Waals surface area contributed by atoms with E-state index in [1.165, 1.54) is 12.8 Å².